The van der Waals surface area contributed by atoms with Gasteiger partial charge in [-0.3, -0.25) is 4.98 Å². The maximum Gasteiger partial charge on any atom is 0.0992 e. The first kappa shape index (κ1) is 28.9. The third-order valence-corrected chi connectivity index (χ3v) is 10.1. The summed E-state index contributed by atoms with van der Waals surface area (Å²) in [6.45, 7) is 0. The summed E-state index contributed by atoms with van der Waals surface area (Å²) in [7, 11) is 0. The molecule has 51 heavy (non-hydrogen) atoms. The molecule has 0 N–H and O–H groups in total. The summed E-state index contributed by atoms with van der Waals surface area (Å²) in [5.41, 5.74) is 10.2. The minimum atomic E-state index is 0.647. The molecule has 0 bridgehead atoms. The monoisotopic (exact) mass is 648 g/mol. The first-order valence-corrected chi connectivity index (χ1v) is 17.0. The largest absolute Gasteiger partial charge is 0.309 e. The van der Waals surface area contributed by atoms with Gasteiger partial charge >= 0.3 is 0 Å². The SMILES string of the molecule is N#Cc1ccc2c3ccc(-c4cc5c6ccccc6c(-c6cccc(-c7ccncc7)n6)cc5c5ccccc45)cc3n(-c3ccccc3)c2c1. The van der Waals surface area contributed by atoms with E-state index in [9.17, 15) is 5.26 Å². The maximum atomic E-state index is 9.77. The van der Waals surface area contributed by atoms with E-state index in [0.29, 0.717) is 5.56 Å². The van der Waals surface area contributed by atoms with Crippen LogP contribution in [0.3, 0.4) is 0 Å². The smallest absolute Gasteiger partial charge is 0.0992 e. The predicted molar refractivity (Wildman–Crippen MR) is 210 cm³/mol. The van der Waals surface area contributed by atoms with E-state index < -0.39 is 0 Å². The van der Waals surface area contributed by atoms with Crippen molar-refractivity contribution in [2.24, 2.45) is 0 Å². The molecule has 0 saturated carbocycles. The Hall–Kier alpha value is -7.09. The van der Waals surface area contributed by atoms with Gasteiger partial charge in [0.25, 0.3) is 0 Å². The molecule has 3 heterocycles. The Morgan fingerprint density at radius 2 is 1.04 bits per heavy atom. The summed E-state index contributed by atoms with van der Waals surface area (Å²) >= 11 is 0. The van der Waals surface area contributed by atoms with Gasteiger partial charge < -0.3 is 4.57 Å². The second kappa shape index (κ2) is 11.5. The van der Waals surface area contributed by atoms with E-state index in [2.05, 4.69) is 143 Å². The zero-order valence-electron chi connectivity index (χ0n) is 27.5. The topological polar surface area (TPSA) is 54.5 Å². The van der Waals surface area contributed by atoms with E-state index in [1.807, 2.05) is 42.7 Å². The molecule has 0 radical (unpaired) electrons. The fourth-order valence-electron chi connectivity index (χ4n) is 7.78. The second-order valence-corrected chi connectivity index (χ2v) is 12.9. The van der Waals surface area contributed by atoms with E-state index in [1.54, 1.807) is 0 Å². The lowest BCUT2D eigenvalue weighted by Gasteiger charge is -2.16. The summed E-state index contributed by atoms with van der Waals surface area (Å²) in [6, 6.07) is 57.9. The average molecular weight is 649 g/mol. The van der Waals surface area contributed by atoms with Crippen molar-refractivity contribution in [3.63, 3.8) is 0 Å². The Morgan fingerprint density at radius 3 is 1.76 bits per heavy atom. The number of rotatable bonds is 4. The number of hydrogen-bond donors (Lipinski definition) is 0. The van der Waals surface area contributed by atoms with Crippen molar-refractivity contribution in [3.05, 3.63) is 176 Å². The molecular formula is C47H28N4. The lowest BCUT2D eigenvalue weighted by atomic mass is 9.88. The van der Waals surface area contributed by atoms with Crippen LogP contribution in [-0.2, 0) is 0 Å². The van der Waals surface area contributed by atoms with Gasteiger partial charge in [-0.1, -0.05) is 91.0 Å². The van der Waals surface area contributed by atoms with Crippen LogP contribution in [0.5, 0.6) is 0 Å². The van der Waals surface area contributed by atoms with Crippen molar-refractivity contribution in [3.8, 4) is 45.4 Å². The van der Waals surface area contributed by atoms with Gasteiger partial charge in [-0.05, 0) is 110 Å². The van der Waals surface area contributed by atoms with Crippen LogP contribution in [0, 0.1) is 11.3 Å². The van der Waals surface area contributed by atoms with Gasteiger partial charge in [0, 0.05) is 40.0 Å². The highest BCUT2D eigenvalue weighted by Crippen LogP contribution is 2.43. The van der Waals surface area contributed by atoms with E-state index in [0.717, 1.165) is 55.6 Å². The summed E-state index contributed by atoms with van der Waals surface area (Å²) in [5.74, 6) is 0. The number of hydrogen-bond acceptors (Lipinski definition) is 3. The van der Waals surface area contributed by atoms with Gasteiger partial charge in [0.2, 0.25) is 0 Å². The minimum Gasteiger partial charge on any atom is -0.309 e. The highest BCUT2D eigenvalue weighted by molar-refractivity contribution is 6.24. The summed E-state index contributed by atoms with van der Waals surface area (Å²) < 4.78 is 2.28. The number of nitriles is 1. The van der Waals surface area contributed by atoms with E-state index in [4.69, 9.17) is 4.98 Å². The molecule has 0 amide bonds. The van der Waals surface area contributed by atoms with Crippen LogP contribution in [0.1, 0.15) is 5.56 Å². The Kier molecular flexibility index (Phi) is 6.52. The summed E-state index contributed by atoms with van der Waals surface area (Å²) in [4.78, 5) is 9.35. The third-order valence-electron chi connectivity index (χ3n) is 10.1. The Morgan fingerprint density at radius 1 is 0.431 bits per heavy atom. The third kappa shape index (κ3) is 4.60. The van der Waals surface area contributed by atoms with Gasteiger partial charge in [0.05, 0.1) is 34.1 Å². The highest BCUT2D eigenvalue weighted by Gasteiger charge is 2.18. The molecule has 0 spiro atoms. The van der Waals surface area contributed by atoms with Crippen molar-refractivity contribution in [2.75, 3.05) is 0 Å². The fourth-order valence-corrected chi connectivity index (χ4v) is 7.78. The molecule has 0 aliphatic rings. The van der Waals surface area contributed by atoms with Gasteiger partial charge in [0.1, 0.15) is 0 Å². The Bertz CT molecular complexity index is 3030. The standard InChI is InChI=1S/C47H28N4/c48-29-30-17-19-38-39-20-18-32(26-47(39)51(46(38)25-30)33-9-2-1-3-10-33)40-27-41-36-13-6-7-14-37(36)43(28-42(41)35-12-5-4-11-34(35)40)45-16-8-15-44(50-45)31-21-23-49-24-22-31/h1-28H. The number of fused-ring (bicyclic) bond motifs is 8. The van der Waals surface area contributed by atoms with Crippen molar-refractivity contribution >= 4 is 54.1 Å². The number of benzene rings is 7. The van der Waals surface area contributed by atoms with Crippen molar-refractivity contribution in [1.82, 2.24) is 14.5 Å². The lowest BCUT2D eigenvalue weighted by Crippen LogP contribution is -1.94. The van der Waals surface area contributed by atoms with Crippen LogP contribution in [-0.4, -0.2) is 14.5 Å². The lowest BCUT2D eigenvalue weighted by molar-refractivity contribution is 1.18. The van der Waals surface area contributed by atoms with Crippen molar-refractivity contribution in [2.45, 2.75) is 0 Å². The number of para-hydroxylation sites is 1. The molecule has 0 fully saturated rings. The van der Waals surface area contributed by atoms with Crippen molar-refractivity contribution in [1.29, 1.82) is 5.26 Å². The second-order valence-electron chi connectivity index (χ2n) is 12.9. The Balaban J connectivity index is 1.24. The molecule has 0 unspecified atom stereocenters. The first-order chi connectivity index (χ1) is 25.2. The molecule has 0 aliphatic heterocycles. The van der Waals surface area contributed by atoms with Gasteiger partial charge in [0.15, 0.2) is 0 Å². The molecule has 3 aromatic heterocycles. The quantitative estimate of drug-likeness (QED) is 0.178. The average Bonchev–Trinajstić information content (AvgIpc) is 3.53. The van der Waals surface area contributed by atoms with Crippen LogP contribution in [0.15, 0.2) is 170 Å². The van der Waals surface area contributed by atoms with Crippen LogP contribution in [0.4, 0.5) is 0 Å². The van der Waals surface area contributed by atoms with Crippen LogP contribution >= 0.6 is 0 Å². The molecule has 10 aromatic rings. The molecule has 0 atom stereocenters. The first-order valence-electron chi connectivity index (χ1n) is 17.0. The zero-order chi connectivity index (χ0) is 33.9. The minimum absolute atomic E-state index is 0.647. The highest BCUT2D eigenvalue weighted by atomic mass is 15.0. The fraction of sp³-hybridized carbons (Fsp3) is 0. The number of pyridine rings is 2. The number of aromatic nitrogens is 3. The van der Waals surface area contributed by atoms with E-state index >= 15 is 0 Å². The molecule has 236 valence electrons. The molecule has 4 nitrogen and oxygen atoms in total. The van der Waals surface area contributed by atoms with Crippen LogP contribution in [0.2, 0.25) is 0 Å². The normalized spacial score (nSPS) is 11.5. The molecule has 7 aromatic carbocycles. The molecule has 10 rings (SSSR count). The molecule has 0 aliphatic carbocycles. The van der Waals surface area contributed by atoms with Gasteiger partial charge in [-0.2, -0.15) is 5.26 Å². The predicted octanol–water partition coefficient (Wildman–Crippen LogP) is 11.9. The maximum absolute atomic E-state index is 9.77. The van der Waals surface area contributed by atoms with Crippen LogP contribution in [0.25, 0.3) is 93.5 Å². The zero-order valence-corrected chi connectivity index (χ0v) is 27.5. The number of nitrogens with zero attached hydrogens (tertiary/aromatic N) is 4. The van der Waals surface area contributed by atoms with E-state index in [1.165, 1.54) is 37.9 Å². The molecule has 4 heteroatoms. The Labute approximate surface area is 294 Å². The summed E-state index contributed by atoms with van der Waals surface area (Å²) in [5, 5.41) is 19.2. The van der Waals surface area contributed by atoms with Gasteiger partial charge in [-0.15, -0.1) is 0 Å². The van der Waals surface area contributed by atoms with Crippen molar-refractivity contribution < 1.29 is 0 Å². The van der Waals surface area contributed by atoms with Crippen LogP contribution < -0.4 is 0 Å². The summed E-state index contributed by atoms with van der Waals surface area (Å²) in [6.07, 6.45) is 3.62. The van der Waals surface area contributed by atoms with E-state index in [-0.39, 0.29) is 0 Å². The van der Waals surface area contributed by atoms with Gasteiger partial charge in [-0.25, -0.2) is 4.98 Å². The molecule has 0 saturated heterocycles. The molecular weight excluding hydrogens is 621 g/mol.